The lowest BCUT2D eigenvalue weighted by atomic mass is 10.0. The Morgan fingerprint density at radius 1 is 0.897 bits per heavy atom. The van der Waals surface area contributed by atoms with Crippen LogP contribution in [0.25, 0.3) is 0 Å². The number of carbonyl (C=O) groups is 6. The third-order valence-corrected chi connectivity index (χ3v) is 3.53. The van der Waals surface area contributed by atoms with Gasteiger partial charge in [0, 0.05) is 0 Å². The van der Waals surface area contributed by atoms with Crippen molar-refractivity contribution in [1.29, 1.82) is 0 Å². The van der Waals surface area contributed by atoms with Crippen molar-refractivity contribution in [1.82, 2.24) is 16.0 Å². The van der Waals surface area contributed by atoms with Crippen LogP contribution in [0.5, 0.6) is 0 Å². The Labute approximate surface area is 166 Å². The first-order valence-corrected chi connectivity index (χ1v) is 8.69. The molecule has 0 aromatic rings. The van der Waals surface area contributed by atoms with Gasteiger partial charge in [0.25, 0.3) is 0 Å². The quantitative estimate of drug-likeness (QED) is 0.160. The highest BCUT2D eigenvalue weighted by Gasteiger charge is 2.28. The average molecular weight is 417 g/mol. The Kier molecular flexibility index (Phi) is 10.9. The summed E-state index contributed by atoms with van der Waals surface area (Å²) in [5.74, 6) is -6.26. The van der Waals surface area contributed by atoms with Gasteiger partial charge in [0.15, 0.2) is 0 Å². The number of nitrogens with one attached hydrogen (secondary N) is 3. The molecule has 4 amide bonds. The van der Waals surface area contributed by atoms with E-state index in [1.54, 1.807) is 13.8 Å². The summed E-state index contributed by atoms with van der Waals surface area (Å²) in [4.78, 5) is 68.6. The van der Waals surface area contributed by atoms with Gasteiger partial charge in [-0.05, 0) is 12.3 Å². The molecule has 0 heterocycles. The summed E-state index contributed by atoms with van der Waals surface area (Å²) in [6.07, 6.45) is -1.12. The maximum absolute atomic E-state index is 12.3. The Balaban J connectivity index is 4.92. The Bertz CT molecular complexity index is 651. The average Bonchev–Trinajstić information content (AvgIpc) is 2.56. The van der Waals surface area contributed by atoms with Crippen LogP contribution in [0.2, 0.25) is 0 Å². The van der Waals surface area contributed by atoms with Crippen molar-refractivity contribution in [3.8, 4) is 0 Å². The van der Waals surface area contributed by atoms with Crippen molar-refractivity contribution in [2.45, 2.75) is 51.2 Å². The van der Waals surface area contributed by atoms with E-state index in [9.17, 15) is 28.8 Å². The molecule has 0 spiro atoms. The largest absolute Gasteiger partial charge is 0.481 e. The SMILES string of the molecule is CC(C)CC(NC(=O)CNC(=O)C(N)CC(N)=O)C(=O)NC(CC(=O)O)C(=O)O. The summed E-state index contributed by atoms with van der Waals surface area (Å²) < 4.78 is 0. The van der Waals surface area contributed by atoms with Crippen LogP contribution in [0.15, 0.2) is 0 Å². The maximum Gasteiger partial charge on any atom is 0.326 e. The van der Waals surface area contributed by atoms with E-state index in [4.69, 9.17) is 21.7 Å². The minimum atomic E-state index is -1.67. The monoisotopic (exact) mass is 417 g/mol. The van der Waals surface area contributed by atoms with E-state index in [0.29, 0.717) is 0 Å². The van der Waals surface area contributed by atoms with Crippen LogP contribution in [0.3, 0.4) is 0 Å². The summed E-state index contributed by atoms with van der Waals surface area (Å²) in [5.41, 5.74) is 10.4. The molecule has 0 aromatic carbocycles. The zero-order valence-corrected chi connectivity index (χ0v) is 16.1. The number of carboxylic acids is 2. The highest BCUT2D eigenvalue weighted by molar-refractivity contribution is 5.94. The van der Waals surface area contributed by atoms with Crippen LogP contribution < -0.4 is 27.4 Å². The smallest absolute Gasteiger partial charge is 0.326 e. The van der Waals surface area contributed by atoms with Gasteiger partial charge >= 0.3 is 11.9 Å². The number of carboxylic acid groups (broad SMARTS) is 2. The van der Waals surface area contributed by atoms with Crippen molar-refractivity contribution in [2.24, 2.45) is 17.4 Å². The lowest BCUT2D eigenvalue weighted by Gasteiger charge is -2.22. The lowest BCUT2D eigenvalue weighted by molar-refractivity contribution is -0.147. The predicted octanol–water partition coefficient (Wildman–Crippen LogP) is -3.12. The van der Waals surface area contributed by atoms with Crippen LogP contribution in [-0.4, -0.2) is 70.5 Å². The van der Waals surface area contributed by atoms with Crippen LogP contribution in [0.4, 0.5) is 0 Å². The van der Waals surface area contributed by atoms with E-state index in [2.05, 4.69) is 16.0 Å². The van der Waals surface area contributed by atoms with E-state index < -0.39 is 73.1 Å². The van der Waals surface area contributed by atoms with Crippen molar-refractivity contribution >= 4 is 35.6 Å². The summed E-state index contributed by atoms with van der Waals surface area (Å²) in [7, 11) is 0. The highest BCUT2D eigenvalue weighted by Crippen LogP contribution is 2.06. The first-order chi connectivity index (χ1) is 13.3. The summed E-state index contributed by atoms with van der Waals surface area (Å²) in [5, 5.41) is 24.3. The summed E-state index contributed by atoms with van der Waals surface area (Å²) in [6.45, 7) is 2.95. The van der Waals surface area contributed by atoms with Gasteiger partial charge in [-0.2, -0.15) is 0 Å². The maximum atomic E-state index is 12.3. The Hall–Kier alpha value is -3.22. The van der Waals surface area contributed by atoms with Crippen LogP contribution in [0.1, 0.15) is 33.1 Å². The van der Waals surface area contributed by atoms with Gasteiger partial charge in [0.05, 0.1) is 25.4 Å². The van der Waals surface area contributed by atoms with Gasteiger partial charge in [0.1, 0.15) is 12.1 Å². The van der Waals surface area contributed by atoms with E-state index in [1.165, 1.54) is 0 Å². The molecule has 13 heteroatoms. The number of carbonyl (C=O) groups excluding carboxylic acids is 4. The van der Waals surface area contributed by atoms with E-state index in [1.807, 2.05) is 0 Å². The molecule has 0 saturated carbocycles. The van der Waals surface area contributed by atoms with E-state index >= 15 is 0 Å². The second-order valence-corrected chi connectivity index (χ2v) is 6.74. The van der Waals surface area contributed by atoms with Gasteiger partial charge < -0.3 is 37.6 Å². The number of nitrogens with two attached hydrogens (primary N) is 2. The van der Waals surface area contributed by atoms with Crippen molar-refractivity contribution in [3.63, 3.8) is 0 Å². The Morgan fingerprint density at radius 3 is 1.93 bits per heavy atom. The van der Waals surface area contributed by atoms with Gasteiger partial charge in [-0.25, -0.2) is 4.79 Å². The molecule has 0 saturated heterocycles. The third-order valence-electron chi connectivity index (χ3n) is 3.53. The number of primary amides is 1. The molecule has 9 N–H and O–H groups in total. The fourth-order valence-corrected chi connectivity index (χ4v) is 2.20. The summed E-state index contributed by atoms with van der Waals surface area (Å²) >= 11 is 0. The normalized spacial score (nSPS) is 13.7. The molecule has 29 heavy (non-hydrogen) atoms. The van der Waals surface area contributed by atoms with Crippen LogP contribution >= 0.6 is 0 Å². The van der Waals surface area contributed by atoms with Gasteiger partial charge in [-0.1, -0.05) is 13.8 Å². The molecular weight excluding hydrogens is 390 g/mol. The second-order valence-electron chi connectivity index (χ2n) is 6.74. The highest BCUT2D eigenvalue weighted by atomic mass is 16.4. The standard InChI is InChI=1S/C16H27N5O8/c1-7(2)3-9(15(27)21-10(16(28)29)5-13(24)25)20-12(23)6-19-14(26)8(17)4-11(18)22/h7-10H,3-6,17H2,1-2H3,(H2,18,22)(H,19,26)(H,20,23)(H,21,27)(H,24,25)(H,28,29). The van der Waals surface area contributed by atoms with E-state index in [0.717, 1.165) is 0 Å². The molecular formula is C16H27N5O8. The second kappa shape index (κ2) is 12.3. The summed E-state index contributed by atoms with van der Waals surface area (Å²) in [6, 6.07) is -4.06. The molecule has 0 aliphatic heterocycles. The molecule has 0 aliphatic carbocycles. The van der Waals surface area contributed by atoms with Gasteiger partial charge in [-0.15, -0.1) is 0 Å². The van der Waals surface area contributed by atoms with Crippen LogP contribution in [-0.2, 0) is 28.8 Å². The van der Waals surface area contributed by atoms with Crippen molar-refractivity contribution in [3.05, 3.63) is 0 Å². The molecule has 0 aromatic heterocycles. The van der Waals surface area contributed by atoms with E-state index in [-0.39, 0.29) is 12.3 Å². The number of hydrogen-bond donors (Lipinski definition) is 7. The fourth-order valence-electron chi connectivity index (χ4n) is 2.20. The lowest BCUT2D eigenvalue weighted by Crippen LogP contribution is -2.54. The predicted molar refractivity (Wildman–Crippen MR) is 98.0 cm³/mol. The molecule has 0 aliphatic rings. The number of amides is 4. The number of hydrogen-bond acceptors (Lipinski definition) is 7. The molecule has 164 valence electrons. The minimum Gasteiger partial charge on any atom is -0.481 e. The topological polar surface area (TPSA) is 231 Å². The minimum absolute atomic E-state index is 0.0765. The third kappa shape index (κ3) is 11.3. The molecule has 13 nitrogen and oxygen atoms in total. The molecule has 0 rings (SSSR count). The first kappa shape index (κ1) is 25.8. The number of rotatable bonds is 13. The number of aliphatic carboxylic acids is 2. The van der Waals surface area contributed by atoms with Gasteiger partial charge in [-0.3, -0.25) is 24.0 Å². The molecule has 0 radical (unpaired) electrons. The van der Waals surface area contributed by atoms with Crippen molar-refractivity contribution in [2.75, 3.05) is 6.54 Å². The Morgan fingerprint density at radius 2 is 1.48 bits per heavy atom. The molecule has 3 atom stereocenters. The molecule has 3 unspecified atom stereocenters. The fraction of sp³-hybridized carbons (Fsp3) is 0.625. The zero-order chi connectivity index (χ0) is 22.7. The van der Waals surface area contributed by atoms with Crippen LogP contribution in [0, 0.1) is 5.92 Å². The first-order valence-electron chi connectivity index (χ1n) is 8.69. The van der Waals surface area contributed by atoms with Gasteiger partial charge in [0.2, 0.25) is 23.6 Å². The van der Waals surface area contributed by atoms with Crippen molar-refractivity contribution < 1.29 is 39.0 Å². The molecule has 0 fully saturated rings. The molecule has 0 bridgehead atoms. The zero-order valence-electron chi connectivity index (χ0n) is 16.1.